The highest BCUT2D eigenvalue weighted by Gasteiger charge is 2.27. The predicted molar refractivity (Wildman–Crippen MR) is 82.1 cm³/mol. The molecule has 1 aromatic carbocycles. The van der Waals surface area contributed by atoms with Crippen LogP contribution in [0.5, 0.6) is 0 Å². The molecule has 98 valence electrons. The van der Waals surface area contributed by atoms with E-state index in [1.54, 1.807) is 0 Å². The van der Waals surface area contributed by atoms with Gasteiger partial charge in [0.15, 0.2) is 0 Å². The Morgan fingerprint density at radius 3 is 2.79 bits per heavy atom. The van der Waals surface area contributed by atoms with Crippen LogP contribution in [-0.4, -0.2) is 11.5 Å². The molecule has 0 bridgehead atoms. The van der Waals surface area contributed by atoms with Gasteiger partial charge in [-0.25, -0.2) is 0 Å². The van der Waals surface area contributed by atoms with Crippen molar-refractivity contribution in [2.45, 2.75) is 18.9 Å². The molecule has 1 aliphatic heterocycles. The van der Waals surface area contributed by atoms with Gasteiger partial charge >= 0.3 is 0 Å². The van der Waals surface area contributed by atoms with Crippen LogP contribution in [0.2, 0.25) is 0 Å². The van der Waals surface area contributed by atoms with Crippen molar-refractivity contribution in [2.75, 3.05) is 17.2 Å². The van der Waals surface area contributed by atoms with Crippen molar-refractivity contribution in [3.63, 3.8) is 0 Å². The van der Waals surface area contributed by atoms with E-state index in [1.807, 2.05) is 24.5 Å². The number of pyridine rings is 1. The zero-order valence-corrected chi connectivity index (χ0v) is 12.2. The Kier molecular flexibility index (Phi) is 3.42. The highest BCUT2D eigenvalue weighted by atomic mass is 79.9. The third kappa shape index (κ3) is 2.45. The minimum atomic E-state index is 0.402. The molecule has 1 atom stereocenters. The predicted octanol–water partition coefficient (Wildman–Crippen LogP) is 3.77. The van der Waals surface area contributed by atoms with E-state index in [0.29, 0.717) is 6.04 Å². The number of nitrogens with two attached hydrogens (primary N) is 1. The van der Waals surface area contributed by atoms with E-state index in [1.165, 1.54) is 12.0 Å². The molecule has 0 radical (unpaired) electrons. The first kappa shape index (κ1) is 12.5. The Morgan fingerprint density at radius 2 is 2.00 bits per heavy atom. The molecule has 1 aromatic heterocycles. The number of aromatic nitrogens is 1. The normalized spacial score (nSPS) is 18.8. The Morgan fingerprint density at radius 1 is 1.21 bits per heavy atom. The number of halogens is 1. The van der Waals surface area contributed by atoms with Crippen molar-refractivity contribution in [1.82, 2.24) is 4.98 Å². The average molecular weight is 318 g/mol. The van der Waals surface area contributed by atoms with Gasteiger partial charge in [0, 0.05) is 23.4 Å². The molecule has 2 N–H and O–H groups in total. The fraction of sp³-hybridized carbons (Fsp3) is 0.267. The lowest BCUT2D eigenvalue weighted by atomic mass is 10.1. The van der Waals surface area contributed by atoms with Crippen LogP contribution in [0.25, 0.3) is 0 Å². The molecule has 0 amide bonds. The highest BCUT2D eigenvalue weighted by Crippen LogP contribution is 2.39. The zero-order chi connectivity index (χ0) is 13.2. The lowest BCUT2D eigenvalue weighted by Gasteiger charge is -2.28. The minimum Gasteiger partial charge on any atom is -0.397 e. The van der Waals surface area contributed by atoms with Gasteiger partial charge < -0.3 is 10.6 Å². The molecule has 1 saturated heterocycles. The molecule has 2 heterocycles. The standard InChI is InChI=1S/C15H16BrN3/c16-12-3-4-13(17)15(10-12)19-9-1-2-14(19)11-5-7-18-8-6-11/h3-8,10,14H,1-2,9,17H2. The average Bonchev–Trinajstić information content (AvgIpc) is 2.91. The maximum atomic E-state index is 6.13. The maximum absolute atomic E-state index is 6.13. The third-order valence-corrected chi connectivity index (χ3v) is 4.14. The van der Waals surface area contributed by atoms with E-state index in [4.69, 9.17) is 5.73 Å². The quantitative estimate of drug-likeness (QED) is 0.857. The van der Waals surface area contributed by atoms with Crippen molar-refractivity contribution in [3.05, 3.63) is 52.8 Å². The second kappa shape index (κ2) is 5.21. The molecule has 19 heavy (non-hydrogen) atoms. The van der Waals surface area contributed by atoms with E-state index in [9.17, 15) is 0 Å². The Labute approximate surface area is 121 Å². The largest absolute Gasteiger partial charge is 0.397 e. The van der Waals surface area contributed by atoms with Crippen LogP contribution < -0.4 is 10.6 Å². The Hall–Kier alpha value is -1.55. The smallest absolute Gasteiger partial charge is 0.0616 e. The van der Waals surface area contributed by atoms with Crippen molar-refractivity contribution in [2.24, 2.45) is 0 Å². The fourth-order valence-electron chi connectivity index (χ4n) is 2.75. The summed E-state index contributed by atoms with van der Waals surface area (Å²) in [4.78, 5) is 6.49. The molecule has 0 spiro atoms. The van der Waals surface area contributed by atoms with Gasteiger partial charge in [0.25, 0.3) is 0 Å². The molecule has 0 aliphatic carbocycles. The number of nitrogens with zero attached hydrogens (tertiary/aromatic N) is 2. The summed E-state index contributed by atoms with van der Waals surface area (Å²) in [5, 5.41) is 0. The van der Waals surface area contributed by atoms with Crippen LogP contribution >= 0.6 is 15.9 Å². The summed E-state index contributed by atoms with van der Waals surface area (Å²) in [6.45, 7) is 1.05. The molecule has 1 aliphatic rings. The van der Waals surface area contributed by atoms with Gasteiger partial charge in [0.1, 0.15) is 0 Å². The van der Waals surface area contributed by atoms with E-state index in [-0.39, 0.29) is 0 Å². The van der Waals surface area contributed by atoms with Crippen molar-refractivity contribution in [1.29, 1.82) is 0 Å². The fourth-order valence-corrected chi connectivity index (χ4v) is 3.10. The van der Waals surface area contributed by atoms with E-state index < -0.39 is 0 Å². The van der Waals surface area contributed by atoms with Crippen LogP contribution in [-0.2, 0) is 0 Å². The molecule has 3 rings (SSSR count). The third-order valence-electron chi connectivity index (χ3n) is 3.65. The first-order valence-electron chi connectivity index (χ1n) is 6.47. The van der Waals surface area contributed by atoms with Gasteiger partial charge in [-0.15, -0.1) is 0 Å². The second-order valence-electron chi connectivity index (χ2n) is 4.84. The molecule has 4 heteroatoms. The van der Waals surface area contributed by atoms with E-state index >= 15 is 0 Å². The van der Waals surface area contributed by atoms with Gasteiger partial charge in [0.05, 0.1) is 17.4 Å². The van der Waals surface area contributed by atoms with E-state index in [0.717, 1.165) is 28.8 Å². The molecule has 2 aromatic rings. The number of nitrogen functional groups attached to an aromatic ring is 1. The molecule has 1 unspecified atom stereocenters. The second-order valence-corrected chi connectivity index (χ2v) is 5.75. The Bertz CT molecular complexity index is 571. The maximum Gasteiger partial charge on any atom is 0.0616 e. The van der Waals surface area contributed by atoms with Gasteiger partial charge in [-0.2, -0.15) is 0 Å². The summed E-state index contributed by atoms with van der Waals surface area (Å²) in [5.74, 6) is 0. The van der Waals surface area contributed by atoms with Crippen LogP contribution in [0.15, 0.2) is 47.2 Å². The summed E-state index contributed by atoms with van der Waals surface area (Å²) >= 11 is 3.53. The van der Waals surface area contributed by atoms with Crippen molar-refractivity contribution < 1.29 is 0 Å². The SMILES string of the molecule is Nc1ccc(Br)cc1N1CCCC1c1ccncc1. The first-order valence-corrected chi connectivity index (χ1v) is 7.26. The summed E-state index contributed by atoms with van der Waals surface area (Å²) in [6, 6.07) is 10.6. The van der Waals surface area contributed by atoms with Crippen molar-refractivity contribution >= 4 is 27.3 Å². The molecule has 0 saturated carbocycles. The highest BCUT2D eigenvalue weighted by molar-refractivity contribution is 9.10. The molecule has 1 fully saturated rings. The summed E-state index contributed by atoms with van der Waals surface area (Å²) < 4.78 is 1.07. The summed E-state index contributed by atoms with van der Waals surface area (Å²) in [6.07, 6.45) is 6.07. The summed E-state index contributed by atoms with van der Waals surface area (Å²) in [5.41, 5.74) is 9.40. The number of benzene rings is 1. The Balaban J connectivity index is 1.97. The lowest BCUT2D eigenvalue weighted by Crippen LogP contribution is -2.23. The van der Waals surface area contributed by atoms with Crippen LogP contribution in [0, 0.1) is 0 Å². The number of hydrogen-bond acceptors (Lipinski definition) is 3. The van der Waals surface area contributed by atoms with Crippen LogP contribution in [0.3, 0.4) is 0 Å². The topological polar surface area (TPSA) is 42.1 Å². The zero-order valence-electron chi connectivity index (χ0n) is 10.6. The molecular formula is C15H16BrN3. The first-order chi connectivity index (χ1) is 9.25. The number of rotatable bonds is 2. The summed E-state index contributed by atoms with van der Waals surface area (Å²) in [7, 11) is 0. The van der Waals surface area contributed by atoms with Gasteiger partial charge in [-0.1, -0.05) is 15.9 Å². The van der Waals surface area contributed by atoms with Crippen LogP contribution in [0.1, 0.15) is 24.4 Å². The minimum absolute atomic E-state index is 0.402. The van der Waals surface area contributed by atoms with Gasteiger partial charge in [0.2, 0.25) is 0 Å². The monoisotopic (exact) mass is 317 g/mol. The van der Waals surface area contributed by atoms with E-state index in [2.05, 4.69) is 44.0 Å². The molecule has 3 nitrogen and oxygen atoms in total. The van der Waals surface area contributed by atoms with Gasteiger partial charge in [-0.05, 0) is 48.7 Å². The molecular weight excluding hydrogens is 302 g/mol. The van der Waals surface area contributed by atoms with Crippen LogP contribution in [0.4, 0.5) is 11.4 Å². The van der Waals surface area contributed by atoms with Crippen molar-refractivity contribution in [3.8, 4) is 0 Å². The lowest BCUT2D eigenvalue weighted by molar-refractivity contribution is 0.718. The van der Waals surface area contributed by atoms with Gasteiger partial charge in [-0.3, -0.25) is 4.98 Å². The number of anilines is 2. The number of hydrogen-bond donors (Lipinski definition) is 1.